The van der Waals surface area contributed by atoms with Gasteiger partial charge in [-0.2, -0.15) is 0 Å². The maximum absolute atomic E-state index is 12.3. The van der Waals surface area contributed by atoms with E-state index in [1.807, 2.05) is 0 Å². The van der Waals surface area contributed by atoms with Gasteiger partial charge in [-0.3, -0.25) is 13.9 Å². The standard InChI is InChI=1S/C17H19N3O4S/c1-3-20(25(2,23)24)15-9-7-12(8-10-15)17(22)19-14-6-4-5-13(11-14)16(18)21/h4-11H,3H2,1-2H3,(H2,18,21)(H,19,22). The van der Waals surface area contributed by atoms with E-state index in [-0.39, 0.29) is 5.91 Å². The molecule has 0 heterocycles. The smallest absolute Gasteiger partial charge is 0.255 e. The molecule has 0 aliphatic heterocycles. The van der Waals surface area contributed by atoms with E-state index in [0.717, 1.165) is 6.26 Å². The molecule has 0 aromatic heterocycles. The minimum atomic E-state index is -3.37. The highest BCUT2D eigenvalue weighted by Gasteiger charge is 2.16. The van der Waals surface area contributed by atoms with Crippen molar-refractivity contribution in [3.63, 3.8) is 0 Å². The molecule has 0 radical (unpaired) electrons. The van der Waals surface area contributed by atoms with Crippen LogP contribution in [0.25, 0.3) is 0 Å². The van der Waals surface area contributed by atoms with Crippen molar-refractivity contribution < 1.29 is 18.0 Å². The topological polar surface area (TPSA) is 110 Å². The third-order valence-electron chi connectivity index (χ3n) is 3.51. The number of carbonyl (C=O) groups excluding carboxylic acids is 2. The lowest BCUT2D eigenvalue weighted by molar-refractivity contribution is 0.0996. The highest BCUT2D eigenvalue weighted by atomic mass is 32.2. The first-order valence-corrected chi connectivity index (χ1v) is 9.36. The molecule has 0 spiro atoms. The zero-order chi connectivity index (χ0) is 18.6. The SMILES string of the molecule is CCN(c1ccc(C(=O)Nc2cccc(C(N)=O)c2)cc1)S(C)(=O)=O. The fourth-order valence-electron chi connectivity index (χ4n) is 2.34. The van der Waals surface area contributed by atoms with Crippen LogP contribution in [0, 0.1) is 0 Å². The summed E-state index contributed by atoms with van der Waals surface area (Å²) in [7, 11) is -3.37. The second-order valence-corrected chi connectivity index (χ2v) is 7.28. The summed E-state index contributed by atoms with van der Waals surface area (Å²) in [5, 5.41) is 2.67. The summed E-state index contributed by atoms with van der Waals surface area (Å²) in [4.78, 5) is 23.5. The van der Waals surface area contributed by atoms with Gasteiger partial charge in [0.15, 0.2) is 0 Å². The molecule has 25 heavy (non-hydrogen) atoms. The number of carbonyl (C=O) groups is 2. The molecule has 3 N–H and O–H groups in total. The number of hydrogen-bond acceptors (Lipinski definition) is 4. The lowest BCUT2D eigenvalue weighted by Crippen LogP contribution is -2.29. The Bertz CT molecular complexity index is 892. The summed E-state index contributed by atoms with van der Waals surface area (Å²) < 4.78 is 24.7. The zero-order valence-corrected chi connectivity index (χ0v) is 14.7. The Morgan fingerprint density at radius 2 is 1.72 bits per heavy atom. The van der Waals surface area contributed by atoms with Crippen molar-refractivity contribution in [2.24, 2.45) is 5.73 Å². The molecule has 2 amide bonds. The Morgan fingerprint density at radius 1 is 1.08 bits per heavy atom. The van der Waals surface area contributed by atoms with Crippen molar-refractivity contribution in [3.8, 4) is 0 Å². The minimum absolute atomic E-state index is 0.292. The van der Waals surface area contributed by atoms with Gasteiger partial charge in [0.2, 0.25) is 15.9 Å². The highest BCUT2D eigenvalue weighted by Crippen LogP contribution is 2.19. The Kier molecular flexibility index (Phi) is 5.43. The number of nitrogens with zero attached hydrogens (tertiary/aromatic N) is 1. The zero-order valence-electron chi connectivity index (χ0n) is 13.9. The fourth-order valence-corrected chi connectivity index (χ4v) is 3.31. The first-order valence-electron chi connectivity index (χ1n) is 7.51. The molecule has 0 saturated heterocycles. The third-order valence-corrected chi connectivity index (χ3v) is 4.78. The van der Waals surface area contributed by atoms with Gasteiger partial charge in [0, 0.05) is 23.4 Å². The monoisotopic (exact) mass is 361 g/mol. The lowest BCUT2D eigenvalue weighted by atomic mass is 10.1. The molecule has 0 atom stereocenters. The van der Waals surface area contributed by atoms with Crippen LogP contribution in [0.2, 0.25) is 0 Å². The molecule has 0 unspecified atom stereocenters. The predicted molar refractivity (Wildman–Crippen MR) is 97.2 cm³/mol. The third kappa shape index (κ3) is 4.57. The average molecular weight is 361 g/mol. The number of nitrogens with one attached hydrogen (secondary N) is 1. The van der Waals surface area contributed by atoms with Gasteiger partial charge in [0.25, 0.3) is 5.91 Å². The van der Waals surface area contributed by atoms with Crippen molar-refractivity contribution in [3.05, 3.63) is 59.7 Å². The first kappa shape index (κ1) is 18.5. The number of primary amides is 1. The minimum Gasteiger partial charge on any atom is -0.366 e. The summed E-state index contributed by atoms with van der Waals surface area (Å²) in [6.45, 7) is 2.03. The molecule has 132 valence electrons. The van der Waals surface area contributed by atoms with E-state index in [1.165, 1.54) is 22.5 Å². The summed E-state index contributed by atoms with van der Waals surface area (Å²) in [5.41, 5.74) is 6.79. The number of nitrogens with two attached hydrogens (primary N) is 1. The number of sulfonamides is 1. The van der Waals surface area contributed by atoms with Crippen molar-refractivity contribution in [1.82, 2.24) is 0 Å². The Balaban J connectivity index is 2.18. The van der Waals surface area contributed by atoms with Gasteiger partial charge in [-0.1, -0.05) is 6.07 Å². The van der Waals surface area contributed by atoms with Crippen LogP contribution in [0.1, 0.15) is 27.6 Å². The van der Waals surface area contributed by atoms with Crippen LogP contribution in [-0.2, 0) is 10.0 Å². The largest absolute Gasteiger partial charge is 0.366 e. The van der Waals surface area contributed by atoms with Gasteiger partial charge in [-0.05, 0) is 49.4 Å². The molecular formula is C17H19N3O4S. The van der Waals surface area contributed by atoms with E-state index in [2.05, 4.69) is 5.32 Å². The van der Waals surface area contributed by atoms with Gasteiger partial charge >= 0.3 is 0 Å². The van der Waals surface area contributed by atoms with Crippen LogP contribution >= 0.6 is 0 Å². The molecule has 7 nitrogen and oxygen atoms in total. The molecule has 2 rings (SSSR count). The molecule has 0 aliphatic rings. The second-order valence-electron chi connectivity index (χ2n) is 5.37. The van der Waals surface area contributed by atoms with Gasteiger partial charge in [-0.15, -0.1) is 0 Å². The van der Waals surface area contributed by atoms with Crippen molar-refractivity contribution in [1.29, 1.82) is 0 Å². The van der Waals surface area contributed by atoms with Gasteiger partial charge in [0.05, 0.1) is 11.9 Å². The molecule has 0 bridgehead atoms. The number of amides is 2. The quantitative estimate of drug-likeness (QED) is 0.818. The molecule has 8 heteroatoms. The fraction of sp³-hybridized carbons (Fsp3) is 0.176. The molecule has 2 aromatic rings. The predicted octanol–water partition coefficient (Wildman–Crippen LogP) is 1.82. The van der Waals surface area contributed by atoms with Crippen LogP contribution in [0.3, 0.4) is 0 Å². The number of rotatable bonds is 6. The van der Waals surface area contributed by atoms with Gasteiger partial charge < -0.3 is 11.1 Å². The first-order chi connectivity index (χ1) is 11.7. The van der Waals surface area contributed by atoms with Crippen LogP contribution in [0.4, 0.5) is 11.4 Å². The normalized spacial score (nSPS) is 11.0. The molecular weight excluding hydrogens is 342 g/mol. The Morgan fingerprint density at radius 3 is 2.24 bits per heavy atom. The van der Waals surface area contributed by atoms with E-state index in [4.69, 9.17) is 5.73 Å². The van der Waals surface area contributed by atoms with E-state index in [9.17, 15) is 18.0 Å². The maximum atomic E-state index is 12.3. The number of anilines is 2. The Labute approximate surface area is 146 Å². The summed E-state index contributed by atoms with van der Waals surface area (Å²) in [6.07, 6.45) is 1.13. The Hall–Kier alpha value is -2.87. The molecule has 0 aliphatic carbocycles. The molecule has 0 fully saturated rings. The number of hydrogen-bond donors (Lipinski definition) is 2. The van der Waals surface area contributed by atoms with E-state index in [0.29, 0.717) is 29.0 Å². The second kappa shape index (κ2) is 7.35. The lowest BCUT2D eigenvalue weighted by Gasteiger charge is -2.20. The van der Waals surface area contributed by atoms with E-state index < -0.39 is 15.9 Å². The van der Waals surface area contributed by atoms with Crippen LogP contribution in [-0.4, -0.2) is 33.0 Å². The van der Waals surface area contributed by atoms with Gasteiger partial charge in [-0.25, -0.2) is 8.42 Å². The van der Waals surface area contributed by atoms with Crippen molar-refractivity contribution in [2.75, 3.05) is 22.4 Å². The van der Waals surface area contributed by atoms with Crippen molar-refractivity contribution >= 4 is 33.2 Å². The van der Waals surface area contributed by atoms with Gasteiger partial charge in [0.1, 0.15) is 0 Å². The van der Waals surface area contributed by atoms with E-state index >= 15 is 0 Å². The van der Waals surface area contributed by atoms with Crippen molar-refractivity contribution in [2.45, 2.75) is 6.92 Å². The van der Waals surface area contributed by atoms with Crippen LogP contribution in [0.15, 0.2) is 48.5 Å². The molecule has 2 aromatic carbocycles. The summed E-state index contributed by atoms with van der Waals surface area (Å²) >= 11 is 0. The summed E-state index contributed by atoms with van der Waals surface area (Å²) in [5.74, 6) is -0.962. The number of benzene rings is 2. The van der Waals surface area contributed by atoms with Crippen LogP contribution < -0.4 is 15.4 Å². The highest BCUT2D eigenvalue weighted by molar-refractivity contribution is 7.92. The maximum Gasteiger partial charge on any atom is 0.255 e. The summed E-state index contributed by atoms with van der Waals surface area (Å²) in [6, 6.07) is 12.5. The molecule has 0 saturated carbocycles. The average Bonchev–Trinajstić information content (AvgIpc) is 2.55. The van der Waals surface area contributed by atoms with E-state index in [1.54, 1.807) is 37.3 Å². The van der Waals surface area contributed by atoms with Crippen LogP contribution in [0.5, 0.6) is 0 Å².